The molecule has 0 aromatic carbocycles. The number of primary amides is 1. The van der Waals surface area contributed by atoms with Gasteiger partial charge in [-0.1, -0.05) is 0 Å². The third kappa shape index (κ3) is 5.18. The zero-order chi connectivity index (χ0) is 13.9. The molecule has 2 atom stereocenters. The number of thiophene rings is 1. The van der Waals surface area contributed by atoms with Crippen LogP contribution in [-0.2, 0) is 9.59 Å². The summed E-state index contributed by atoms with van der Waals surface area (Å²) in [6.45, 7) is 5.93. The number of amides is 2. The summed E-state index contributed by atoms with van der Waals surface area (Å²) in [5.41, 5.74) is 11.7. The van der Waals surface area contributed by atoms with Gasteiger partial charge in [0.1, 0.15) is 0 Å². The maximum atomic E-state index is 11.7. The van der Waals surface area contributed by atoms with Gasteiger partial charge in [0.15, 0.2) is 0 Å². The molecule has 1 heterocycles. The van der Waals surface area contributed by atoms with E-state index in [1.807, 2.05) is 26.8 Å². The van der Waals surface area contributed by atoms with Crippen LogP contribution in [0.4, 0.5) is 0 Å². The second kappa shape index (κ2) is 7.47. The molecule has 5 N–H and O–H groups in total. The van der Waals surface area contributed by atoms with E-state index in [0.29, 0.717) is 0 Å². The molecule has 1 aromatic rings. The first kappa shape index (κ1) is 17.9. The highest BCUT2D eigenvalue weighted by atomic mass is 35.5. The molecule has 2 amide bonds. The number of nitrogens with two attached hydrogens (primary N) is 2. The Labute approximate surface area is 123 Å². The molecule has 0 aliphatic carbocycles. The molecule has 0 aliphatic heterocycles. The van der Waals surface area contributed by atoms with Crippen molar-refractivity contribution in [2.45, 2.75) is 39.3 Å². The fourth-order valence-corrected chi connectivity index (χ4v) is 2.81. The first-order valence-electron chi connectivity index (χ1n) is 5.72. The number of nitrogens with one attached hydrogen (secondary N) is 1. The Hall–Kier alpha value is -1.11. The van der Waals surface area contributed by atoms with Crippen molar-refractivity contribution in [2.24, 2.45) is 11.5 Å². The molecule has 0 radical (unpaired) electrons. The van der Waals surface area contributed by atoms with E-state index in [1.165, 1.54) is 9.75 Å². The van der Waals surface area contributed by atoms with Gasteiger partial charge in [-0.05, 0) is 32.4 Å². The zero-order valence-corrected chi connectivity index (χ0v) is 12.9. The molecule has 0 fully saturated rings. The van der Waals surface area contributed by atoms with Crippen molar-refractivity contribution in [3.05, 3.63) is 21.4 Å². The molecular formula is C12H20ClN3O2S. The first-order chi connectivity index (χ1) is 8.31. The Morgan fingerprint density at radius 1 is 1.42 bits per heavy atom. The molecule has 2 unspecified atom stereocenters. The van der Waals surface area contributed by atoms with Crippen molar-refractivity contribution in [3.63, 3.8) is 0 Å². The SMILES string of the molecule is Cc1cc(C(C)NC(=O)C(N)CC(N)=O)c(C)s1.Cl. The molecule has 5 nitrogen and oxygen atoms in total. The summed E-state index contributed by atoms with van der Waals surface area (Å²) in [6, 6.07) is 1.04. The first-order valence-corrected chi connectivity index (χ1v) is 6.54. The minimum atomic E-state index is -0.884. The number of carbonyl (C=O) groups excluding carboxylic acids is 2. The van der Waals surface area contributed by atoms with Crippen LogP contribution in [0.5, 0.6) is 0 Å². The fourth-order valence-electron chi connectivity index (χ4n) is 1.79. The molecular weight excluding hydrogens is 286 g/mol. The molecule has 0 bridgehead atoms. The van der Waals surface area contributed by atoms with Crippen LogP contribution in [-0.4, -0.2) is 17.9 Å². The average molecular weight is 306 g/mol. The molecule has 1 aromatic heterocycles. The van der Waals surface area contributed by atoms with Crippen LogP contribution in [0.3, 0.4) is 0 Å². The smallest absolute Gasteiger partial charge is 0.237 e. The highest BCUT2D eigenvalue weighted by Crippen LogP contribution is 2.26. The van der Waals surface area contributed by atoms with Crippen molar-refractivity contribution >= 4 is 35.6 Å². The second-order valence-corrected chi connectivity index (χ2v) is 5.84. The minimum absolute atomic E-state index is 0. The molecule has 0 saturated carbocycles. The number of hydrogen-bond donors (Lipinski definition) is 3. The molecule has 108 valence electrons. The summed E-state index contributed by atoms with van der Waals surface area (Å²) in [4.78, 5) is 24.8. The summed E-state index contributed by atoms with van der Waals surface area (Å²) >= 11 is 1.69. The van der Waals surface area contributed by atoms with Crippen LogP contribution in [0.1, 0.15) is 34.7 Å². The molecule has 0 saturated heterocycles. The van der Waals surface area contributed by atoms with Gasteiger partial charge in [0.05, 0.1) is 18.5 Å². The van der Waals surface area contributed by atoms with Crippen LogP contribution in [0, 0.1) is 13.8 Å². The third-order valence-corrected chi connectivity index (χ3v) is 3.64. The number of halogens is 1. The largest absolute Gasteiger partial charge is 0.370 e. The Balaban J connectivity index is 0.00000324. The van der Waals surface area contributed by atoms with Crippen LogP contribution in [0.25, 0.3) is 0 Å². The van der Waals surface area contributed by atoms with E-state index in [4.69, 9.17) is 11.5 Å². The van der Waals surface area contributed by atoms with Gasteiger partial charge in [0.2, 0.25) is 11.8 Å². The van der Waals surface area contributed by atoms with Crippen molar-refractivity contribution in [1.82, 2.24) is 5.32 Å². The predicted octanol–water partition coefficient (Wildman–Crippen LogP) is 1.17. The number of carbonyl (C=O) groups is 2. The van der Waals surface area contributed by atoms with Gasteiger partial charge in [0, 0.05) is 9.75 Å². The van der Waals surface area contributed by atoms with E-state index in [1.54, 1.807) is 11.3 Å². The third-order valence-electron chi connectivity index (χ3n) is 2.66. The molecule has 19 heavy (non-hydrogen) atoms. The maximum Gasteiger partial charge on any atom is 0.237 e. The summed E-state index contributed by atoms with van der Waals surface area (Å²) in [6.07, 6.45) is -0.139. The lowest BCUT2D eigenvalue weighted by Gasteiger charge is -2.17. The number of rotatable bonds is 5. The molecule has 7 heteroatoms. The van der Waals surface area contributed by atoms with Crippen molar-refractivity contribution in [2.75, 3.05) is 0 Å². The lowest BCUT2D eigenvalue weighted by atomic mass is 10.1. The lowest BCUT2D eigenvalue weighted by molar-refractivity contribution is -0.126. The van der Waals surface area contributed by atoms with Gasteiger partial charge in [-0.15, -0.1) is 23.7 Å². The monoisotopic (exact) mass is 305 g/mol. The molecule has 0 spiro atoms. The number of aryl methyl sites for hydroxylation is 2. The molecule has 0 aliphatic rings. The summed E-state index contributed by atoms with van der Waals surface area (Å²) < 4.78 is 0. The standard InChI is InChI=1S/C12H19N3O2S.ClH/c1-6-4-9(8(3)18-6)7(2)15-12(17)10(13)5-11(14)16;/h4,7,10H,5,13H2,1-3H3,(H2,14,16)(H,15,17);1H. The number of hydrogen-bond acceptors (Lipinski definition) is 4. The van der Waals surface area contributed by atoms with Gasteiger partial charge in [-0.25, -0.2) is 0 Å². The Morgan fingerprint density at radius 2 is 2.00 bits per heavy atom. The van der Waals surface area contributed by atoms with Crippen LogP contribution >= 0.6 is 23.7 Å². The molecule has 1 rings (SSSR count). The van der Waals surface area contributed by atoms with Crippen molar-refractivity contribution < 1.29 is 9.59 Å². The van der Waals surface area contributed by atoms with Gasteiger partial charge in [0.25, 0.3) is 0 Å². The average Bonchev–Trinajstić information content (AvgIpc) is 2.56. The van der Waals surface area contributed by atoms with Crippen LogP contribution in [0.2, 0.25) is 0 Å². The second-order valence-electron chi connectivity index (χ2n) is 4.38. The topological polar surface area (TPSA) is 98.2 Å². The summed E-state index contributed by atoms with van der Waals surface area (Å²) in [5.74, 6) is -0.933. The van der Waals surface area contributed by atoms with E-state index in [-0.39, 0.29) is 30.8 Å². The highest BCUT2D eigenvalue weighted by Gasteiger charge is 2.19. The van der Waals surface area contributed by atoms with E-state index in [0.717, 1.165) is 5.56 Å². The van der Waals surface area contributed by atoms with Crippen LogP contribution < -0.4 is 16.8 Å². The maximum absolute atomic E-state index is 11.7. The predicted molar refractivity (Wildman–Crippen MR) is 79.4 cm³/mol. The van der Waals surface area contributed by atoms with Crippen molar-refractivity contribution in [1.29, 1.82) is 0 Å². The van der Waals surface area contributed by atoms with Gasteiger partial charge >= 0.3 is 0 Å². The fraction of sp³-hybridized carbons (Fsp3) is 0.500. The quantitative estimate of drug-likeness (QED) is 0.761. The van der Waals surface area contributed by atoms with E-state index < -0.39 is 11.9 Å². The van der Waals surface area contributed by atoms with E-state index >= 15 is 0 Å². The van der Waals surface area contributed by atoms with Gasteiger partial charge in [-0.2, -0.15) is 0 Å². The lowest BCUT2D eigenvalue weighted by Crippen LogP contribution is -2.43. The normalized spacial score (nSPS) is 13.3. The summed E-state index contributed by atoms with van der Waals surface area (Å²) in [5, 5.41) is 2.79. The Kier molecular flexibility index (Phi) is 7.04. The van der Waals surface area contributed by atoms with Gasteiger partial charge < -0.3 is 16.8 Å². The summed E-state index contributed by atoms with van der Waals surface area (Å²) in [7, 11) is 0. The highest BCUT2D eigenvalue weighted by molar-refractivity contribution is 7.12. The van der Waals surface area contributed by atoms with E-state index in [2.05, 4.69) is 5.32 Å². The Morgan fingerprint density at radius 3 is 2.42 bits per heavy atom. The van der Waals surface area contributed by atoms with Crippen molar-refractivity contribution in [3.8, 4) is 0 Å². The zero-order valence-electron chi connectivity index (χ0n) is 11.2. The van der Waals surface area contributed by atoms with E-state index in [9.17, 15) is 9.59 Å². The van der Waals surface area contributed by atoms with Crippen LogP contribution in [0.15, 0.2) is 6.07 Å². The minimum Gasteiger partial charge on any atom is -0.370 e. The Bertz CT molecular complexity index is 462. The van der Waals surface area contributed by atoms with Gasteiger partial charge in [-0.3, -0.25) is 9.59 Å².